The molecule has 0 spiro atoms. The molecule has 0 bridgehead atoms. The molecule has 4 rings (SSSR count). The van der Waals surface area contributed by atoms with Gasteiger partial charge in [-0.2, -0.15) is 13.2 Å². The Morgan fingerprint density at radius 2 is 1.72 bits per heavy atom. The Balaban J connectivity index is 1.62. The maximum Gasteiger partial charge on any atom is 0.435 e. The van der Waals surface area contributed by atoms with Crippen LogP contribution in [0.3, 0.4) is 0 Å². The number of hydrogen-bond acceptors (Lipinski definition) is 6. The number of carbonyl (C=O) groups is 2. The van der Waals surface area contributed by atoms with E-state index >= 15 is 0 Å². The van der Waals surface area contributed by atoms with Crippen LogP contribution in [0.4, 0.5) is 13.2 Å². The number of nitrogens with zero attached hydrogens (tertiary/aromatic N) is 3. The number of benzene rings is 2. The van der Waals surface area contributed by atoms with Crippen molar-refractivity contribution < 1.29 is 32.4 Å². The molecular formula is C21H11Cl5F3N3O4. The summed E-state index contributed by atoms with van der Waals surface area (Å²) in [6, 6.07) is 5.79. The molecule has 2 aliphatic heterocycles. The van der Waals surface area contributed by atoms with E-state index in [4.69, 9.17) is 67.7 Å². The maximum absolute atomic E-state index is 14.2. The van der Waals surface area contributed by atoms with Crippen molar-refractivity contribution in [2.45, 2.75) is 30.8 Å². The van der Waals surface area contributed by atoms with Gasteiger partial charge in [-0.1, -0.05) is 74.4 Å². The number of carbonyl (C=O) groups excluding carboxylic acids is 2. The summed E-state index contributed by atoms with van der Waals surface area (Å²) in [5.74, 6) is -0.826. The second-order valence-corrected chi connectivity index (χ2v) is 9.66. The van der Waals surface area contributed by atoms with Crippen molar-refractivity contribution in [3.8, 4) is 0 Å². The van der Waals surface area contributed by atoms with Crippen molar-refractivity contribution in [2.75, 3.05) is 0 Å². The van der Waals surface area contributed by atoms with Crippen LogP contribution in [0.15, 0.2) is 40.6 Å². The van der Waals surface area contributed by atoms with Gasteiger partial charge in [0.15, 0.2) is 5.17 Å². The molecule has 0 saturated carbocycles. The standard InChI is InChI=1S/C21H11Cl5F3N3O4/c22-12-3-9(1-2-11(12)19(34)32(8-33)17-6-16(25)31-35-17)15-7-20(36-30-15,21(27,28)29)10-4-13(23)18(26)14(24)5-10/h1-5,8,17H,6-7H2/t17?,20-/m0/s1. The Bertz CT molecular complexity index is 1300. The molecule has 7 nitrogen and oxygen atoms in total. The molecule has 0 saturated heterocycles. The third kappa shape index (κ3) is 4.72. The average Bonchev–Trinajstić information content (AvgIpc) is 3.45. The zero-order valence-corrected chi connectivity index (χ0v) is 21.2. The highest BCUT2D eigenvalue weighted by molar-refractivity contribution is 6.65. The molecule has 190 valence electrons. The van der Waals surface area contributed by atoms with Crippen LogP contribution < -0.4 is 0 Å². The Morgan fingerprint density at radius 3 is 2.25 bits per heavy atom. The van der Waals surface area contributed by atoms with E-state index in [2.05, 4.69) is 10.3 Å². The predicted molar refractivity (Wildman–Crippen MR) is 128 cm³/mol. The fourth-order valence-corrected chi connectivity index (χ4v) is 4.62. The first-order valence-corrected chi connectivity index (χ1v) is 11.7. The molecule has 0 aromatic heterocycles. The summed E-state index contributed by atoms with van der Waals surface area (Å²) in [7, 11) is 0. The lowest BCUT2D eigenvalue weighted by Gasteiger charge is -2.30. The van der Waals surface area contributed by atoms with Gasteiger partial charge in [-0.25, -0.2) is 4.90 Å². The summed E-state index contributed by atoms with van der Waals surface area (Å²) in [6.45, 7) is 0. The van der Waals surface area contributed by atoms with Gasteiger partial charge in [0.1, 0.15) is 0 Å². The zero-order chi connectivity index (χ0) is 26.4. The van der Waals surface area contributed by atoms with Gasteiger partial charge in [-0.15, -0.1) is 0 Å². The highest BCUT2D eigenvalue weighted by Gasteiger charge is 2.62. The van der Waals surface area contributed by atoms with Gasteiger partial charge in [0.2, 0.25) is 12.6 Å². The van der Waals surface area contributed by atoms with Crippen molar-refractivity contribution in [1.29, 1.82) is 0 Å². The maximum atomic E-state index is 14.2. The molecule has 2 aromatic carbocycles. The summed E-state index contributed by atoms with van der Waals surface area (Å²) in [5.41, 5.74) is -3.37. The van der Waals surface area contributed by atoms with E-state index < -0.39 is 35.9 Å². The van der Waals surface area contributed by atoms with Crippen molar-refractivity contribution in [1.82, 2.24) is 4.90 Å². The van der Waals surface area contributed by atoms with Crippen molar-refractivity contribution in [2.24, 2.45) is 10.3 Å². The van der Waals surface area contributed by atoms with E-state index in [1.165, 1.54) is 18.2 Å². The lowest BCUT2D eigenvalue weighted by Crippen LogP contribution is -2.42. The van der Waals surface area contributed by atoms with Gasteiger partial charge in [0, 0.05) is 17.5 Å². The molecule has 2 atom stereocenters. The fraction of sp³-hybridized carbons (Fsp3) is 0.238. The number of amides is 2. The average molecular weight is 604 g/mol. The van der Waals surface area contributed by atoms with Crippen LogP contribution in [0.1, 0.15) is 34.3 Å². The van der Waals surface area contributed by atoms with Gasteiger partial charge in [0.05, 0.1) is 37.8 Å². The first kappa shape index (κ1) is 26.8. The van der Waals surface area contributed by atoms with E-state index in [1.807, 2.05) is 0 Å². The summed E-state index contributed by atoms with van der Waals surface area (Å²) in [5, 5.41) is 6.54. The molecule has 0 radical (unpaired) electrons. The molecular weight excluding hydrogens is 593 g/mol. The van der Waals surface area contributed by atoms with E-state index in [0.29, 0.717) is 4.90 Å². The molecule has 15 heteroatoms. The third-order valence-corrected chi connectivity index (χ3v) is 7.18. The van der Waals surface area contributed by atoms with Crippen molar-refractivity contribution in [3.05, 3.63) is 67.1 Å². The number of rotatable bonds is 5. The van der Waals surface area contributed by atoms with Crippen molar-refractivity contribution in [3.63, 3.8) is 0 Å². The molecule has 0 fully saturated rings. The largest absolute Gasteiger partial charge is 0.435 e. The first-order valence-electron chi connectivity index (χ1n) is 9.81. The Labute approximate surface area is 226 Å². The highest BCUT2D eigenvalue weighted by atomic mass is 35.5. The quantitative estimate of drug-likeness (QED) is 0.279. The number of halogens is 8. The van der Waals surface area contributed by atoms with Gasteiger partial charge in [-0.05, 0) is 24.3 Å². The van der Waals surface area contributed by atoms with E-state index in [0.717, 1.165) is 12.1 Å². The molecule has 1 unspecified atom stereocenters. The topological polar surface area (TPSA) is 80.6 Å². The Kier molecular flexibility index (Phi) is 7.38. The second-order valence-electron chi connectivity index (χ2n) is 7.63. The molecule has 2 heterocycles. The molecule has 2 amide bonds. The summed E-state index contributed by atoms with van der Waals surface area (Å²) in [6.07, 6.45) is -6.50. The first-order chi connectivity index (χ1) is 16.9. The van der Waals surface area contributed by atoms with Crippen LogP contribution in [-0.4, -0.2) is 40.5 Å². The monoisotopic (exact) mass is 601 g/mol. The SMILES string of the molecule is O=CN(C(=O)c1ccc(C2=NO[C@@](c3cc(Cl)c(Cl)c(Cl)c3)(C(F)(F)F)C2)cc1Cl)C1CC(Cl)=NO1. The Hall–Kier alpha value is -2.24. The number of oxime groups is 2. The summed E-state index contributed by atoms with van der Waals surface area (Å²) >= 11 is 29.7. The summed E-state index contributed by atoms with van der Waals surface area (Å²) < 4.78 is 42.7. The second kappa shape index (κ2) is 9.90. The highest BCUT2D eigenvalue weighted by Crippen LogP contribution is 2.50. The minimum atomic E-state index is -4.92. The number of alkyl halides is 3. The van der Waals surface area contributed by atoms with E-state index in [1.54, 1.807) is 0 Å². The molecule has 2 aliphatic rings. The Morgan fingerprint density at radius 1 is 1.06 bits per heavy atom. The van der Waals surface area contributed by atoms with Crippen LogP contribution >= 0.6 is 58.0 Å². The number of hydrogen-bond donors (Lipinski definition) is 0. The van der Waals surface area contributed by atoms with Gasteiger partial charge >= 0.3 is 6.18 Å². The van der Waals surface area contributed by atoms with E-state index in [-0.39, 0.29) is 54.9 Å². The molecule has 0 N–H and O–H groups in total. The molecule has 36 heavy (non-hydrogen) atoms. The fourth-order valence-electron chi connectivity index (χ4n) is 3.59. The van der Waals surface area contributed by atoms with Crippen molar-refractivity contribution >= 4 is 81.2 Å². The van der Waals surface area contributed by atoms with Crippen LogP contribution in [-0.2, 0) is 20.1 Å². The van der Waals surface area contributed by atoms with Gasteiger partial charge < -0.3 is 9.68 Å². The molecule has 2 aromatic rings. The lowest BCUT2D eigenvalue weighted by atomic mass is 9.86. The van der Waals surface area contributed by atoms with Crippen LogP contribution in [0.5, 0.6) is 0 Å². The van der Waals surface area contributed by atoms with Gasteiger partial charge in [-0.3, -0.25) is 9.59 Å². The summed E-state index contributed by atoms with van der Waals surface area (Å²) in [4.78, 5) is 34.9. The van der Waals surface area contributed by atoms with Gasteiger partial charge in [0.25, 0.3) is 11.5 Å². The lowest BCUT2D eigenvalue weighted by molar-refractivity contribution is -0.275. The van der Waals surface area contributed by atoms with Crippen LogP contribution in [0.25, 0.3) is 0 Å². The van der Waals surface area contributed by atoms with Crippen LogP contribution in [0, 0.1) is 0 Å². The minimum absolute atomic E-state index is 0.00581. The predicted octanol–water partition coefficient (Wildman–Crippen LogP) is 6.78. The van der Waals surface area contributed by atoms with Crippen LogP contribution in [0.2, 0.25) is 20.1 Å². The number of imide groups is 1. The molecule has 0 aliphatic carbocycles. The van der Waals surface area contributed by atoms with E-state index in [9.17, 15) is 22.8 Å². The smallest absolute Gasteiger partial charge is 0.374 e. The normalized spacial score (nSPS) is 21.4. The minimum Gasteiger partial charge on any atom is -0.374 e. The zero-order valence-electron chi connectivity index (χ0n) is 17.5. The third-order valence-electron chi connectivity index (χ3n) is 5.44.